The van der Waals surface area contributed by atoms with Gasteiger partial charge in [-0.2, -0.15) is 0 Å². The fourth-order valence-electron chi connectivity index (χ4n) is 2.23. The molecular formula is C15H12BrNO3S. The molecule has 1 aromatic heterocycles. The van der Waals surface area contributed by atoms with Gasteiger partial charge in [-0.1, -0.05) is 34.1 Å². The van der Waals surface area contributed by atoms with Gasteiger partial charge in [0, 0.05) is 21.6 Å². The minimum absolute atomic E-state index is 0.166. The number of aromatic nitrogens is 1. The van der Waals surface area contributed by atoms with Gasteiger partial charge in [0.15, 0.2) is 0 Å². The molecule has 0 aliphatic heterocycles. The van der Waals surface area contributed by atoms with E-state index in [4.69, 9.17) is 0 Å². The quantitative estimate of drug-likeness (QED) is 0.748. The monoisotopic (exact) mass is 365 g/mol. The SMILES string of the molecule is O=S(=O)(c1ccc(Br)c(CO)c1)c1c[nH]c2ccccc12. The van der Waals surface area contributed by atoms with Crippen molar-refractivity contribution in [3.8, 4) is 0 Å². The van der Waals surface area contributed by atoms with Crippen LogP contribution in [0.15, 0.2) is 62.9 Å². The van der Waals surface area contributed by atoms with Crippen LogP contribution < -0.4 is 0 Å². The third kappa shape index (κ3) is 2.39. The minimum Gasteiger partial charge on any atom is -0.392 e. The molecule has 6 heteroatoms. The van der Waals surface area contributed by atoms with Gasteiger partial charge in [0.1, 0.15) is 0 Å². The predicted molar refractivity (Wildman–Crippen MR) is 83.8 cm³/mol. The van der Waals surface area contributed by atoms with Crippen LogP contribution in [0.25, 0.3) is 10.9 Å². The molecule has 1 heterocycles. The highest BCUT2D eigenvalue weighted by Gasteiger charge is 2.22. The van der Waals surface area contributed by atoms with E-state index in [0.29, 0.717) is 15.4 Å². The van der Waals surface area contributed by atoms with Crippen LogP contribution in [-0.4, -0.2) is 18.5 Å². The maximum Gasteiger partial charge on any atom is 0.208 e. The van der Waals surface area contributed by atoms with Crippen molar-refractivity contribution in [2.24, 2.45) is 0 Å². The third-order valence-electron chi connectivity index (χ3n) is 3.34. The Morgan fingerprint density at radius 1 is 1.14 bits per heavy atom. The van der Waals surface area contributed by atoms with Gasteiger partial charge >= 0.3 is 0 Å². The van der Waals surface area contributed by atoms with Gasteiger partial charge in [0.25, 0.3) is 0 Å². The lowest BCUT2D eigenvalue weighted by molar-refractivity contribution is 0.281. The van der Waals surface area contributed by atoms with Gasteiger partial charge < -0.3 is 10.1 Å². The first kappa shape index (κ1) is 14.3. The van der Waals surface area contributed by atoms with E-state index in [1.165, 1.54) is 18.3 Å². The van der Waals surface area contributed by atoms with Crippen LogP contribution in [0.4, 0.5) is 0 Å². The largest absolute Gasteiger partial charge is 0.392 e. The van der Waals surface area contributed by atoms with Crippen molar-refractivity contribution in [1.29, 1.82) is 0 Å². The zero-order valence-electron chi connectivity index (χ0n) is 10.9. The van der Waals surface area contributed by atoms with Crippen molar-refractivity contribution in [2.75, 3.05) is 0 Å². The molecule has 21 heavy (non-hydrogen) atoms. The second kappa shape index (κ2) is 5.29. The van der Waals surface area contributed by atoms with Crippen molar-refractivity contribution < 1.29 is 13.5 Å². The van der Waals surface area contributed by atoms with Crippen molar-refractivity contribution in [3.63, 3.8) is 0 Å². The van der Waals surface area contributed by atoms with Crippen LogP contribution >= 0.6 is 15.9 Å². The van der Waals surface area contributed by atoms with Crippen LogP contribution in [0.3, 0.4) is 0 Å². The first-order valence-electron chi connectivity index (χ1n) is 6.24. The number of sulfone groups is 1. The first-order chi connectivity index (χ1) is 10.0. The van der Waals surface area contributed by atoms with E-state index < -0.39 is 9.84 Å². The maximum atomic E-state index is 12.8. The second-order valence-corrected chi connectivity index (χ2v) is 7.39. The molecule has 2 N–H and O–H groups in total. The summed E-state index contributed by atoms with van der Waals surface area (Å²) in [4.78, 5) is 3.37. The smallest absolute Gasteiger partial charge is 0.208 e. The van der Waals surface area contributed by atoms with Crippen LogP contribution in [0, 0.1) is 0 Å². The number of aliphatic hydroxyl groups excluding tert-OH is 1. The molecule has 3 rings (SSSR count). The van der Waals surface area contributed by atoms with E-state index in [1.807, 2.05) is 12.1 Å². The molecular weight excluding hydrogens is 354 g/mol. The molecule has 0 fully saturated rings. The molecule has 0 atom stereocenters. The number of H-pyrrole nitrogens is 1. The van der Waals surface area contributed by atoms with E-state index in [0.717, 1.165) is 5.52 Å². The number of nitrogens with one attached hydrogen (secondary N) is 1. The van der Waals surface area contributed by atoms with Gasteiger partial charge in [-0.05, 0) is 29.8 Å². The molecule has 3 aromatic rings. The molecule has 0 bridgehead atoms. The number of aromatic amines is 1. The van der Waals surface area contributed by atoms with Gasteiger partial charge in [-0.25, -0.2) is 8.42 Å². The van der Waals surface area contributed by atoms with E-state index in [1.54, 1.807) is 18.2 Å². The van der Waals surface area contributed by atoms with Crippen LogP contribution in [0.1, 0.15) is 5.56 Å². The highest BCUT2D eigenvalue weighted by atomic mass is 79.9. The zero-order valence-corrected chi connectivity index (χ0v) is 13.3. The Morgan fingerprint density at radius 3 is 2.67 bits per heavy atom. The molecule has 108 valence electrons. The number of fused-ring (bicyclic) bond motifs is 1. The summed E-state index contributed by atoms with van der Waals surface area (Å²) in [5.74, 6) is 0. The number of hydrogen-bond acceptors (Lipinski definition) is 3. The lowest BCUT2D eigenvalue weighted by Crippen LogP contribution is -2.02. The summed E-state index contributed by atoms with van der Waals surface area (Å²) in [6.07, 6.45) is 1.50. The lowest BCUT2D eigenvalue weighted by atomic mass is 10.2. The number of aliphatic hydroxyl groups is 1. The van der Waals surface area contributed by atoms with Crippen molar-refractivity contribution in [2.45, 2.75) is 16.4 Å². The normalized spacial score (nSPS) is 11.9. The Balaban J connectivity index is 2.21. The molecule has 4 nitrogen and oxygen atoms in total. The average Bonchev–Trinajstić information content (AvgIpc) is 2.92. The average molecular weight is 366 g/mol. The fraction of sp³-hybridized carbons (Fsp3) is 0.0667. The summed E-state index contributed by atoms with van der Waals surface area (Å²) in [5.41, 5.74) is 1.31. The summed E-state index contributed by atoms with van der Waals surface area (Å²) >= 11 is 3.28. The topological polar surface area (TPSA) is 70.2 Å². The van der Waals surface area contributed by atoms with Gasteiger partial charge in [0.2, 0.25) is 9.84 Å². The van der Waals surface area contributed by atoms with E-state index in [-0.39, 0.29) is 16.4 Å². The standard InChI is InChI=1S/C15H12BrNO3S/c16-13-6-5-11(7-10(13)9-18)21(19,20)15-8-17-14-4-2-1-3-12(14)15/h1-8,17-18H,9H2. The molecule has 0 aliphatic carbocycles. The van der Waals surface area contributed by atoms with Crippen molar-refractivity contribution in [1.82, 2.24) is 4.98 Å². The molecule has 0 saturated heterocycles. The third-order valence-corrected chi connectivity index (χ3v) is 5.90. The number of benzene rings is 2. The summed E-state index contributed by atoms with van der Waals surface area (Å²) in [5, 5.41) is 9.94. The van der Waals surface area contributed by atoms with Gasteiger partial charge in [-0.15, -0.1) is 0 Å². The highest BCUT2D eigenvalue weighted by Crippen LogP contribution is 2.30. The Labute approximate surface area is 130 Å². The van der Waals surface area contributed by atoms with Crippen LogP contribution in [0.2, 0.25) is 0 Å². The van der Waals surface area contributed by atoms with E-state index >= 15 is 0 Å². The Morgan fingerprint density at radius 2 is 1.90 bits per heavy atom. The highest BCUT2D eigenvalue weighted by molar-refractivity contribution is 9.10. The van der Waals surface area contributed by atoms with Crippen molar-refractivity contribution >= 4 is 36.7 Å². The Hall–Kier alpha value is -1.63. The Bertz CT molecular complexity index is 916. The number of para-hydroxylation sites is 1. The minimum atomic E-state index is -3.63. The van der Waals surface area contributed by atoms with E-state index in [2.05, 4.69) is 20.9 Å². The fourth-order valence-corrected chi connectivity index (χ4v) is 4.09. The summed E-state index contributed by atoms with van der Waals surface area (Å²) < 4.78 is 26.2. The van der Waals surface area contributed by atoms with Gasteiger partial charge in [-0.3, -0.25) is 0 Å². The second-order valence-electron chi connectivity index (χ2n) is 4.61. The number of hydrogen-bond donors (Lipinski definition) is 2. The first-order valence-corrected chi connectivity index (χ1v) is 8.52. The van der Waals surface area contributed by atoms with Crippen LogP contribution in [0.5, 0.6) is 0 Å². The molecule has 0 radical (unpaired) electrons. The maximum absolute atomic E-state index is 12.8. The summed E-state index contributed by atoms with van der Waals surface area (Å²) in [6.45, 7) is -0.224. The lowest BCUT2D eigenvalue weighted by Gasteiger charge is -2.07. The van der Waals surface area contributed by atoms with Crippen LogP contribution in [-0.2, 0) is 16.4 Å². The number of rotatable bonds is 3. The van der Waals surface area contributed by atoms with Crippen molar-refractivity contribution in [3.05, 3.63) is 58.7 Å². The molecule has 0 saturated carbocycles. The summed E-state index contributed by atoms with van der Waals surface area (Å²) in [7, 11) is -3.63. The zero-order chi connectivity index (χ0) is 15.0. The van der Waals surface area contributed by atoms with Gasteiger partial charge in [0.05, 0.1) is 16.4 Å². The predicted octanol–water partition coefficient (Wildman–Crippen LogP) is 3.26. The number of halogens is 1. The van der Waals surface area contributed by atoms with E-state index in [9.17, 15) is 13.5 Å². The molecule has 2 aromatic carbocycles. The Kier molecular flexibility index (Phi) is 3.61. The molecule has 0 aliphatic rings. The summed E-state index contributed by atoms with van der Waals surface area (Å²) in [6, 6.07) is 11.9. The molecule has 0 amide bonds. The molecule has 0 spiro atoms. The molecule has 0 unspecified atom stereocenters.